The summed E-state index contributed by atoms with van der Waals surface area (Å²) in [5.74, 6) is 0. The molecule has 0 fully saturated rings. The van der Waals surface area contributed by atoms with E-state index in [2.05, 4.69) is 12.0 Å². The first-order valence-corrected chi connectivity index (χ1v) is 6.61. The molecule has 5 heteroatoms. The van der Waals surface area contributed by atoms with E-state index in [1.807, 2.05) is 16.8 Å². The van der Waals surface area contributed by atoms with Crippen LogP contribution in [-0.4, -0.2) is 9.78 Å². The van der Waals surface area contributed by atoms with Crippen LogP contribution >= 0.6 is 23.2 Å². The van der Waals surface area contributed by atoms with Crippen molar-refractivity contribution in [3.05, 3.63) is 51.8 Å². The van der Waals surface area contributed by atoms with E-state index in [-0.39, 0.29) is 6.04 Å². The molecule has 0 radical (unpaired) electrons. The molecule has 0 aliphatic carbocycles. The van der Waals surface area contributed by atoms with Gasteiger partial charge in [0.25, 0.3) is 0 Å². The van der Waals surface area contributed by atoms with Gasteiger partial charge in [0.1, 0.15) is 0 Å². The summed E-state index contributed by atoms with van der Waals surface area (Å²) in [6.07, 6.45) is 2.78. The highest BCUT2D eigenvalue weighted by molar-refractivity contribution is 6.42. The number of rotatable bonds is 4. The molecule has 18 heavy (non-hydrogen) atoms. The van der Waals surface area contributed by atoms with Crippen LogP contribution in [0.4, 0.5) is 0 Å². The Hall–Kier alpha value is -1.03. The van der Waals surface area contributed by atoms with Crippen molar-refractivity contribution in [2.24, 2.45) is 5.73 Å². The lowest BCUT2D eigenvalue weighted by Gasteiger charge is -2.15. The number of aromatic nitrogens is 2. The summed E-state index contributed by atoms with van der Waals surface area (Å²) in [5.41, 5.74) is 8.16. The summed E-state index contributed by atoms with van der Waals surface area (Å²) in [7, 11) is 0. The molecule has 0 aliphatic heterocycles. The Kier molecular flexibility index (Phi) is 4.27. The molecule has 3 nitrogen and oxygen atoms in total. The van der Waals surface area contributed by atoms with Gasteiger partial charge >= 0.3 is 0 Å². The molecule has 0 aliphatic rings. The molecule has 1 unspecified atom stereocenters. The number of hydrogen-bond donors (Lipinski definition) is 1. The molecule has 0 bridgehead atoms. The van der Waals surface area contributed by atoms with Crippen LogP contribution < -0.4 is 5.73 Å². The van der Waals surface area contributed by atoms with Gasteiger partial charge in [-0.05, 0) is 30.2 Å². The van der Waals surface area contributed by atoms with Crippen molar-refractivity contribution in [1.29, 1.82) is 0 Å². The minimum absolute atomic E-state index is 0.242. The zero-order chi connectivity index (χ0) is 13.1. The highest BCUT2D eigenvalue weighted by atomic mass is 35.5. The predicted octanol–water partition coefficient (Wildman–Crippen LogP) is 3.65. The second-order valence-electron chi connectivity index (χ2n) is 4.13. The predicted molar refractivity (Wildman–Crippen MR) is 75.0 cm³/mol. The second-order valence-corrected chi connectivity index (χ2v) is 4.94. The van der Waals surface area contributed by atoms with Gasteiger partial charge in [-0.25, -0.2) is 0 Å². The van der Waals surface area contributed by atoms with Crippen molar-refractivity contribution >= 4 is 23.2 Å². The largest absolute Gasteiger partial charge is 0.319 e. The number of nitrogens with zero attached hydrogens (tertiary/aromatic N) is 2. The van der Waals surface area contributed by atoms with Crippen molar-refractivity contribution < 1.29 is 0 Å². The van der Waals surface area contributed by atoms with E-state index in [1.54, 1.807) is 18.3 Å². The van der Waals surface area contributed by atoms with Crippen molar-refractivity contribution in [1.82, 2.24) is 9.78 Å². The van der Waals surface area contributed by atoms with E-state index < -0.39 is 0 Å². The van der Waals surface area contributed by atoms with Crippen molar-refractivity contribution in [3.63, 3.8) is 0 Å². The van der Waals surface area contributed by atoms with Gasteiger partial charge in [0.2, 0.25) is 0 Å². The Bertz CT molecular complexity index is 537. The molecule has 0 saturated carbocycles. The molecule has 0 amide bonds. The molecular weight excluding hydrogens is 269 g/mol. The third-order valence-corrected chi connectivity index (χ3v) is 3.55. The van der Waals surface area contributed by atoms with E-state index in [9.17, 15) is 0 Å². The Morgan fingerprint density at radius 3 is 2.72 bits per heavy atom. The van der Waals surface area contributed by atoms with Crippen LogP contribution in [0.3, 0.4) is 0 Å². The van der Waals surface area contributed by atoms with Gasteiger partial charge in [0.15, 0.2) is 0 Å². The summed E-state index contributed by atoms with van der Waals surface area (Å²) in [6, 6.07) is 7.15. The van der Waals surface area contributed by atoms with Crippen molar-refractivity contribution in [3.8, 4) is 0 Å². The summed E-state index contributed by atoms with van der Waals surface area (Å²) >= 11 is 11.9. The summed E-state index contributed by atoms with van der Waals surface area (Å²) in [6.45, 7) is 2.97. The Morgan fingerprint density at radius 2 is 2.06 bits per heavy atom. The molecule has 1 aromatic carbocycles. The monoisotopic (exact) mass is 283 g/mol. The van der Waals surface area contributed by atoms with Crippen LogP contribution in [0, 0.1) is 0 Å². The molecule has 1 heterocycles. The lowest BCUT2D eigenvalue weighted by Crippen LogP contribution is -2.17. The fraction of sp³-hybridized carbons (Fsp3) is 0.308. The zero-order valence-electron chi connectivity index (χ0n) is 10.1. The smallest absolute Gasteiger partial charge is 0.0723 e. The topological polar surface area (TPSA) is 43.8 Å². The number of aryl methyl sites for hydroxylation is 1. The van der Waals surface area contributed by atoms with Gasteiger partial charge < -0.3 is 5.73 Å². The van der Waals surface area contributed by atoms with Crippen LogP contribution in [0.25, 0.3) is 0 Å². The molecular formula is C13H15Cl2N3. The summed E-state index contributed by atoms with van der Waals surface area (Å²) in [5, 5.41) is 5.33. The van der Waals surface area contributed by atoms with E-state index >= 15 is 0 Å². The fourth-order valence-corrected chi connectivity index (χ4v) is 2.19. The van der Waals surface area contributed by atoms with E-state index in [0.29, 0.717) is 10.0 Å². The molecule has 0 saturated heterocycles. The first kappa shape index (κ1) is 13.4. The summed E-state index contributed by atoms with van der Waals surface area (Å²) in [4.78, 5) is 0. The van der Waals surface area contributed by atoms with Gasteiger partial charge in [-0.3, -0.25) is 4.68 Å². The van der Waals surface area contributed by atoms with Crippen LogP contribution in [-0.2, 0) is 6.54 Å². The SMILES string of the molecule is CCCn1nccc1C(N)c1ccc(Cl)c(Cl)c1. The van der Waals surface area contributed by atoms with Gasteiger partial charge in [-0.1, -0.05) is 36.2 Å². The molecule has 2 N–H and O–H groups in total. The standard InChI is InChI=1S/C13H15Cl2N3/c1-2-7-18-12(5-6-17-18)13(16)9-3-4-10(14)11(15)8-9/h3-6,8,13H,2,7,16H2,1H3. The Morgan fingerprint density at radius 1 is 1.28 bits per heavy atom. The van der Waals surface area contributed by atoms with Crippen molar-refractivity contribution in [2.75, 3.05) is 0 Å². The van der Waals surface area contributed by atoms with Crippen LogP contribution in [0.1, 0.15) is 30.6 Å². The Labute approximate surface area is 117 Å². The quantitative estimate of drug-likeness (QED) is 0.931. The summed E-state index contributed by atoms with van der Waals surface area (Å²) < 4.78 is 1.92. The molecule has 0 spiro atoms. The van der Waals surface area contributed by atoms with Crippen LogP contribution in [0.15, 0.2) is 30.5 Å². The lowest BCUT2D eigenvalue weighted by atomic mass is 10.0. The average Bonchev–Trinajstić information content (AvgIpc) is 2.80. The van der Waals surface area contributed by atoms with Gasteiger partial charge in [0, 0.05) is 12.7 Å². The molecule has 2 aromatic rings. The number of nitrogens with two attached hydrogens (primary N) is 1. The van der Waals surface area contributed by atoms with E-state index in [1.165, 1.54) is 0 Å². The third kappa shape index (κ3) is 2.69. The third-order valence-electron chi connectivity index (χ3n) is 2.81. The maximum atomic E-state index is 6.25. The van der Waals surface area contributed by atoms with E-state index in [0.717, 1.165) is 24.2 Å². The van der Waals surface area contributed by atoms with Crippen molar-refractivity contribution in [2.45, 2.75) is 25.9 Å². The maximum absolute atomic E-state index is 6.25. The van der Waals surface area contributed by atoms with Gasteiger partial charge in [-0.15, -0.1) is 0 Å². The number of halogens is 2. The van der Waals surface area contributed by atoms with Gasteiger partial charge in [-0.2, -0.15) is 5.10 Å². The minimum Gasteiger partial charge on any atom is -0.319 e. The molecule has 96 valence electrons. The fourth-order valence-electron chi connectivity index (χ4n) is 1.88. The number of benzene rings is 1. The van der Waals surface area contributed by atoms with E-state index in [4.69, 9.17) is 28.9 Å². The highest BCUT2D eigenvalue weighted by Gasteiger charge is 2.14. The molecule has 2 rings (SSSR count). The molecule has 1 aromatic heterocycles. The second kappa shape index (κ2) is 5.74. The zero-order valence-corrected chi connectivity index (χ0v) is 11.6. The minimum atomic E-state index is -0.242. The number of hydrogen-bond acceptors (Lipinski definition) is 2. The van der Waals surface area contributed by atoms with Crippen LogP contribution in [0.5, 0.6) is 0 Å². The highest BCUT2D eigenvalue weighted by Crippen LogP contribution is 2.27. The maximum Gasteiger partial charge on any atom is 0.0723 e. The first-order valence-electron chi connectivity index (χ1n) is 5.85. The Balaban J connectivity index is 2.32. The normalized spacial score (nSPS) is 12.7. The first-order chi connectivity index (χ1) is 8.63. The van der Waals surface area contributed by atoms with Gasteiger partial charge in [0.05, 0.1) is 21.8 Å². The van der Waals surface area contributed by atoms with Crippen LogP contribution in [0.2, 0.25) is 10.0 Å². The molecule has 1 atom stereocenters. The lowest BCUT2D eigenvalue weighted by molar-refractivity contribution is 0.560. The average molecular weight is 284 g/mol.